The van der Waals surface area contributed by atoms with E-state index in [1.807, 2.05) is 32.1 Å². The van der Waals surface area contributed by atoms with Crippen molar-refractivity contribution in [1.82, 2.24) is 15.3 Å². The molecular formula is C22H33N5O. The molecule has 0 aliphatic heterocycles. The Morgan fingerprint density at radius 2 is 1.79 bits per heavy atom. The van der Waals surface area contributed by atoms with Crippen LogP contribution in [0, 0.1) is 13.8 Å². The Labute approximate surface area is 168 Å². The third-order valence-electron chi connectivity index (χ3n) is 5.48. The minimum Gasteiger partial charge on any atom is -0.496 e. The fourth-order valence-corrected chi connectivity index (χ4v) is 3.89. The van der Waals surface area contributed by atoms with Crippen molar-refractivity contribution >= 4 is 11.8 Å². The summed E-state index contributed by atoms with van der Waals surface area (Å²) in [5.41, 5.74) is 3.59. The highest BCUT2D eigenvalue weighted by molar-refractivity contribution is 5.47. The molecule has 1 heterocycles. The van der Waals surface area contributed by atoms with E-state index in [9.17, 15) is 0 Å². The smallest absolute Gasteiger partial charge is 0.224 e. The number of ether oxygens (including phenoxy) is 1. The van der Waals surface area contributed by atoms with Gasteiger partial charge in [-0.15, -0.1) is 0 Å². The lowest BCUT2D eigenvalue weighted by Crippen LogP contribution is -2.37. The molecule has 0 amide bonds. The predicted octanol–water partition coefficient (Wildman–Crippen LogP) is 3.68. The summed E-state index contributed by atoms with van der Waals surface area (Å²) in [6, 6.07) is 7.41. The van der Waals surface area contributed by atoms with Gasteiger partial charge in [0.05, 0.1) is 7.11 Å². The molecule has 0 bridgehead atoms. The first-order valence-corrected chi connectivity index (χ1v) is 10.1. The molecule has 1 aliphatic rings. The number of anilines is 2. The van der Waals surface area contributed by atoms with Crippen LogP contribution in [-0.2, 0) is 6.54 Å². The Morgan fingerprint density at radius 1 is 1.07 bits per heavy atom. The first-order valence-electron chi connectivity index (χ1n) is 10.1. The quantitative estimate of drug-likeness (QED) is 0.760. The van der Waals surface area contributed by atoms with E-state index in [1.165, 1.54) is 24.0 Å². The second-order valence-corrected chi connectivity index (χ2v) is 7.97. The summed E-state index contributed by atoms with van der Waals surface area (Å²) in [6.45, 7) is 5.04. The number of aromatic nitrogens is 2. The molecule has 6 nitrogen and oxygen atoms in total. The van der Waals surface area contributed by atoms with Crippen LogP contribution in [0.3, 0.4) is 0 Å². The van der Waals surface area contributed by atoms with Crippen molar-refractivity contribution < 1.29 is 4.74 Å². The second-order valence-electron chi connectivity index (χ2n) is 7.97. The van der Waals surface area contributed by atoms with E-state index in [2.05, 4.69) is 45.7 Å². The van der Waals surface area contributed by atoms with Gasteiger partial charge in [-0.3, -0.25) is 0 Å². The zero-order valence-electron chi connectivity index (χ0n) is 17.7. The van der Waals surface area contributed by atoms with Crippen LogP contribution in [0.1, 0.15) is 42.4 Å². The van der Waals surface area contributed by atoms with Gasteiger partial charge in [-0.1, -0.05) is 12.1 Å². The minimum atomic E-state index is 0.444. The Kier molecular flexibility index (Phi) is 6.73. The highest BCUT2D eigenvalue weighted by Crippen LogP contribution is 2.23. The third kappa shape index (κ3) is 5.13. The first-order chi connectivity index (χ1) is 13.5. The van der Waals surface area contributed by atoms with Crippen molar-refractivity contribution in [2.75, 3.05) is 31.4 Å². The van der Waals surface area contributed by atoms with E-state index in [4.69, 9.17) is 4.74 Å². The molecule has 0 unspecified atom stereocenters. The SMILES string of the molecule is COc1ccc(CN[C@H]2CC[C@@H](Nc3ncc(C)c(N(C)C)n3)CC2)cc1C. The Hall–Kier alpha value is -2.34. The lowest BCUT2D eigenvalue weighted by molar-refractivity contribution is 0.352. The van der Waals surface area contributed by atoms with Crippen LogP contribution in [0.4, 0.5) is 11.8 Å². The van der Waals surface area contributed by atoms with E-state index in [-0.39, 0.29) is 0 Å². The molecule has 0 spiro atoms. The molecule has 0 radical (unpaired) electrons. The van der Waals surface area contributed by atoms with Gasteiger partial charge in [-0.25, -0.2) is 4.98 Å². The van der Waals surface area contributed by atoms with Gasteiger partial charge in [0.25, 0.3) is 0 Å². The van der Waals surface area contributed by atoms with E-state index in [1.54, 1.807) is 7.11 Å². The third-order valence-corrected chi connectivity index (χ3v) is 5.48. The van der Waals surface area contributed by atoms with E-state index in [0.29, 0.717) is 12.1 Å². The maximum Gasteiger partial charge on any atom is 0.224 e. The molecule has 1 fully saturated rings. The van der Waals surface area contributed by atoms with Crippen LogP contribution >= 0.6 is 0 Å². The van der Waals surface area contributed by atoms with Crippen molar-refractivity contribution in [2.24, 2.45) is 0 Å². The van der Waals surface area contributed by atoms with Crippen LogP contribution in [0.25, 0.3) is 0 Å². The second kappa shape index (κ2) is 9.24. The Bertz CT molecular complexity index is 784. The number of nitrogens with zero attached hydrogens (tertiary/aromatic N) is 3. The topological polar surface area (TPSA) is 62.3 Å². The van der Waals surface area contributed by atoms with E-state index < -0.39 is 0 Å². The summed E-state index contributed by atoms with van der Waals surface area (Å²) in [6.07, 6.45) is 6.49. The molecule has 0 atom stereocenters. The maximum atomic E-state index is 5.34. The number of rotatable bonds is 7. The lowest BCUT2D eigenvalue weighted by Gasteiger charge is -2.30. The molecule has 2 aromatic rings. The van der Waals surface area contributed by atoms with Gasteiger partial charge in [0, 0.05) is 44.5 Å². The summed E-state index contributed by atoms with van der Waals surface area (Å²) < 4.78 is 5.34. The molecular weight excluding hydrogens is 350 g/mol. The first kappa shape index (κ1) is 20.4. The molecule has 152 valence electrons. The van der Waals surface area contributed by atoms with Crippen molar-refractivity contribution in [1.29, 1.82) is 0 Å². The molecule has 28 heavy (non-hydrogen) atoms. The minimum absolute atomic E-state index is 0.444. The zero-order chi connectivity index (χ0) is 20.1. The van der Waals surface area contributed by atoms with Crippen molar-refractivity contribution in [2.45, 2.75) is 58.2 Å². The summed E-state index contributed by atoms with van der Waals surface area (Å²) in [5, 5.41) is 7.24. The Morgan fingerprint density at radius 3 is 2.43 bits per heavy atom. The van der Waals surface area contributed by atoms with Gasteiger partial charge in [0.15, 0.2) is 0 Å². The van der Waals surface area contributed by atoms with Crippen LogP contribution < -0.4 is 20.3 Å². The number of benzene rings is 1. The lowest BCUT2D eigenvalue weighted by atomic mass is 9.91. The fourth-order valence-electron chi connectivity index (χ4n) is 3.89. The van der Waals surface area contributed by atoms with Crippen LogP contribution in [0.5, 0.6) is 5.75 Å². The van der Waals surface area contributed by atoms with Gasteiger partial charge in [0.1, 0.15) is 11.6 Å². The van der Waals surface area contributed by atoms with Crippen molar-refractivity contribution in [3.8, 4) is 5.75 Å². The summed E-state index contributed by atoms with van der Waals surface area (Å²) in [5.74, 6) is 2.66. The predicted molar refractivity (Wildman–Crippen MR) is 115 cm³/mol. The van der Waals surface area contributed by atoms with Crippen molar-refractivity contribution in [3.05, 3.63) is 41.1 Å². The van der Waals surface area contributed by atoms with E-state index >= 15 is 0 Å². The van der Waals surface area contributed by atoms with Gasteiger partial charge in [0.2, 0.25) is 5.95 Å². The molecule has 1 aromatic carbocycles. The molecule has 0 saturated heterocycles. The van der Waals surface area contributed by atoms with Gasteiger partial charge in [-0.05, 0) is 56.7 Å². The summed E-state index contributed by atoms with van der Waals surface area (Å²) >= 11 is 0. The number of methoxy groups -OCH3 is 1. The summed E-state index contributed by atoms with van der Waals surface area (Å²) in [4.78, 5) is 11.2. The van der Waals surface area contributed by atoms with Crippen LogP contribution in [-0.4, -0.2) is 43.3 Å². The zero-order valence-corrected chi connectivity index (χ0v) is 17.7. The highest BCUT2D eigenvalue weighted by Gasteiger charge is 2.21. The van der Waals surface area contributed by atoms with Gasteiger partial charge >= 0.3 is 0 Å². The number of nitrogens with one attached hydrogen (secondary N) is 2. The van der Waals surface area contributed by atoms with Crippen molar-refractivity contribution in [3.63, 3.8) is 0 Å². The number of hydrogen-bond acceptors (Lipinski definition) is 6. The van der Waals surface area contributed by atoms with Gasteiger partial charge < -0.3 is 20.3 Å². The normalized spacial score (nSPS) is 19.3. The maximum absolute atomic E-state index is 5.34. The van der Waals surface area contributed by atoms with E-state index in [0.717, 1.165) is 42.5 Å². The molecule has 1 saturated carbocycles. The van der Waals surface area contributed by atoms with Crippen LogP contribution in [0.2, 0.25) is 0 Å². The molecule has 2 N–H and O–H groups in total. The number of aryl methyl sites for hydroxylation is 2. The van der Waals surface area contributed by atoms with Crippen LogP contribution in [0.15, 0.2) is 24.4 Å². The number of hydrogen-bond donors (Lipinski definition) is 2. The molecule has 1 aromatic heterocycles. The average molecular weight is 384 g/mol. The fraction of sp³-hybridized carbons (Fsp3) is 0.545. The highest BCUT2D eigenvalue weighted by atomic mass is 16.5. The molecule has 3 rings (SSSR count). The average Bonchev–Trinajstić information content (AvgIpc) is 2.69. The standard InChI is InChI=1S/C22H33N5O/c1-15-12-17(6-11-20(15)28-5)14-23-18-7-9-19(10-8-18)25-22-24-13-16(2)21(26-22)27(3)4/h6,11-13,18-19,23H,7-10,14H2,1-5H3,(H,24,25,26)/t18-,19+. The largest absolute Gasteiger partial charge is 0.496 e. The summed E-state index contributed by atoms with van der Waals surface area (Å²) in [7, 11) is 5.75. The molecule has 1 aliphatic carbocycles. The molecule has 6 heteroatoms. The van der Waals surface area contributed by atoms with Gasteiger partial charge in [-0.2, -0.15) is 4.98 Å². The monoisotopic (exact) mass is 383 g/mol. The Balaban J connectivity index is 1.47.